The highest BCUT2D eigenvalue weighted by molar-refractivity contribution is 5.77. The van der Waals surface area contributed by atoms with E-state index in [0.29, 0.717) is 6.54 Å². The van der Waals surface area contributed by atoms with E-state index in [-0.39, 0.29) is 12.1 Å². The van der Waals surface area contributed by atoms with Crippen LogP contribution in [0, 0.1) is 0 Å². The maximum atomic E-state index is 12.8. The molecule has 4 rings (SSSR count). The third kappa shape index (κ3) is 3.35. The number of hydrogen-bond acceptors (Lipinski definition) is 3. The predicted molar refractivity (Wildman–Crippen MR) is 105 cm³/mol. The number of urea groups is 1. The van der Waals surface area contributed by atoms with Gasteiger partial charge >= 0.3 is 6.03 Å². The Hall–Kier alpha value is -3.02. The molecule has 1 aliphatic heterocycles. The van der Waals surface area contributed by atoms with Crippen molar-refractivity contribution in [2.24, 2.45) is 7.05 Å². The number of aryl methyl sites for hydroxylation is 1. The molecule has 1 aliphatic rings. The van der Waals surface area contributed by atoms with Crippen LogP contribution in [0.2, 0.25) is 0 Å². The number of aromatic nitrogens is 2. The monoisotopic (exact) mass is 364 g/mol. The first-order chi connectivity index (χ1) is 13.2. The quantitative estimate of drug-likeness (QED) is 0.769. The van der Waals surface area contributed by atoms with Crippen LogP contribution in [0.3, 0.4) is 0 Å². The Morgan fingerprint density at radius 2 is 2.00 bits per heavy atom. The molecule has 1 fully saturated rings. The summed E-state index contributed by atoms with van der Waals surface area (Å²) in [5.74, 6) is 1.76. The first-order valence-corrected chi connectivity index (χ1v) is 9.26. The highest BCUT2D eigenvalue weighted by Gasteiger charge is 2.33. The van der Waals surface area contributed by atoms with E-state index in [1.165, 1.54) is 0 Å². The fourth-order valence-corrected chi connectivity index (χ4v) is 3.76. The number of para-hydroxylation sites is 2. The molecule has 0 spiro atoms. The SMILES string of the molecule is COc1ccc(CNC(=O)N2CCCC2c2nc3ccccc3n2C)cc1. The van der Waals surface area contributed by atoms with Gasteiger partial charge in [0.05, 0.1) is 24.2 Å². The first-order valence-electron chi connectivity index (χ1n) is 9.26. The zero-order valence-electron chi connectivity index (χ0n) is 15.7. The summed E-state index contributed by atoms with van der Waals surface area (Å²) in [6.45, 7) is 1.25. The Morgan fingerprint density at radius 1 is 1.22 bits per heavy atom. The number of amides is 2. The average molecular weight is 364 g/mol. The second-order valence-electron chi connectivity index (χ2n) is 6.88. The summed E-state index contributed by atoms with van der Waals surface area (Å²) in [4.78, 5) is 19.5. The number of rotatable bonds is 4. The number of fused-ring (bicyclic) bond motifs is 1. The number of methoxy groups -OCH3 is 1. The summed E-state index contributed by atoms with van der Waals surface area (Å²) >= 11 is 0. The van der Waals surface area contributed by atoms with Gasteiger partial charge in [-0.3, -0.25) is 0 Å². The minimum absolute atomic E-state index is 0.0123. The molecule has 1 aromatic heterocycles. The summed E-state index contributed by atoms with van der Waals surface area (Å²) in [6, 6.07) is 15.8. The minimum Gasteiger partial charge on any atom is -0.497 e. The number of nitrogens with one attached hydrogen (secondary N) is 1. The summed E-state index contributed by atoms with van der Waals surface area (Å²) in [6.07, 6.45) is 1.93. The van der Waals surface area contributed by atoms with Crippen molar-refractivity contribution in [3.63, 3.8) is 0 Å². The predicted octanol–water partition coefficient (Wildman–Crippen LogP) is 3.63. The number of ether oxygens (including phenoxy) is 1. The van der Waals surface area contributed by atoms with Gasteiger partial charge in [0, 0.05) is 20.1 Å². The average Bonchev–Trinajstić information content (AvgIpc) is 3.31. The lowest BCUT2D eigenvalue weighted by molar-refractivity contribution is 0.190. The van der Waals surface area contributed by atoms with Crippen molar-refractivity contribution in [3.05, 3.63) is 59.9 Å². The van der Waals surface area contributed by atoms with Crippen LogP contribution in [0.4, 0.5) is 4.79 Å². The number of carbonyl (C=O) groups excluding carboxylic acids is 1. The highest BCUT2D eigenvalue weighted by atomic mass is 16.5. The molecule has 2 heterocycles. The van der Waals surface area contributed by atoms with Crippen LogP contribution in [-0.4, -0.2) is 34.1 Å². The van der Waals surface area contributed by atoms with E-state index in [1.54, 1.807) is 7.11 Å². The normalized spacial score (nSPS) is 16.7. The molecule has 27 heavy (non-hydrogen) atoms. The molecule has 1 atom stereocenters. The van der Waals surface area contributed by atoms with E-state index in [4.69, 9.17) is 9.72 Å². The molecule has 0 saturated carbocycles. The number of likely N-dealkylation sites (tertiary alicyclic amines) is 1. The molecule has 3 aromatic rings. The number of hydrogen-bond donors (Lipinski definition) is 1. The van der Waals surface area contributed by atoms with Gasteiger partial charge in [-0.2, -0.15) is 0 Å². The summed E-state index contributed by atoms with van der Waals surface area (Å²) in [7, 11) is 3.67. The van der Waals surface area contributed by atoms with Crippen LogP contribution in [-0.2, 0) is 13.6 Å². The third-order valence-electron chi connectivity index (χ3n) is 5.24. The van der Waals surface area contributed by atoms with Gasteiger partial charge in [-0.15, -0.1) is 0 Å². The zero-order valence-corrected chi connectivity index (χ0v) is 15.7. The Morgan fingerprint density at radius 3 is 2.74 bits per heavy atom. The van der Waals surface area contributed by atoms with Crippen molar-refractivity contribution in [2.45, 2.75) is 25.4 Å². The molecular formula is C21H24N4O2. The van der Waals surface area contributed by atoms with Crippen LogP contribution < -0.4 is 10.1 Å². The van der Waals surface area contributed by atoms with Gasteiger partial charge in [-0.05, 0) is 42.7 Å². The first kappa shape index (κ1) is 17.4. The molecule has 6 nitrogen and oxygen atoms in total. The highest BCUT2D eigenvalue weighted by Crippen LogP contribution is 2.32. The van der Waals surface area contributed by atoms with Crippen LogP contribution in [0.25, 0.3) is 11.0 Å². The summed E-state index contributed by atoms with van der Waals surface area (Å²) < 4.78 is 7.28. The second kappa shape index (κ2) is 7.31. The van der Waals surface area contributed by atoms with Crippen LogP contribution in [0.1, 0.15) is 30.3 Å². The zero-order chi connectivity index (χ0) is 18.8. The Labute approximate surface area is 158 Å². The molecule has 1 unspecified atom stereocenters. The molecule has 0 aliphatic carbocycles. The number of imidazole rings is 1. The number of benzene rings is 2. The topological polar surface area (TPSA) is 59.4 Å². The van der Waals surface area contributed by atoms with Crippen molar-refractivity contribution in [1.82, 2.24) is 19.8 Å². The fourth-order valence-electron chi connectivity index (χ4n) is 3.76. The van der Waals surface area contributed by atoms with Crippen LogP contribution >= 0.6 is 0 Å². The number of carbonyl (C=O) groups is 1. The van der Waals surface area contributed by atoms with Crippen molar-refractivity contribution in [2.75, 3.05) is 13.7 Å². The molecule has 140 valence electrons. The van der Waals surface area contributed by atoms with E-state index in [1.807, 2.05) is 54.4 Å². The van der Waals surface area contributed by atoms with Crippen LogP contribution in [0.5, 0.6) is 5.75 Å². The number of nitrogens with zero attached hydrogens (tertiary/aromatic N) is 3. The summed E-state index contributed by atoms with van der Waals surface area (Å²) in [5.41, 5.74) is 3.11. The third-order valence-corrected chi connectivity index (χ3v) is 5.24. The standard InChI is InChI=1S/C21H24N4O2/c1-24-18-7-4-3-6-17(18)23-20(24)19-8-5-13-25(19)21(26)22-14-15-9-11-16(27-2)12-10-15/h3-4,6-7,9-12,19H,5,8,13-14H2,1-2H3,(H,22,26). The van der Waals surface area contributed by atoms with Crippen molar-refractivity contribution >= 4 is 17.1 Å². The lowest BCUT2D eigenvalue weighted by Crippen LogP contribution is -2.39. The van der Waals surface area contributed by atoms with Gasteiger partial charge in [0.25, 0.3) is 0 Å². The van der Waals surface area contributed by atoms with Crippen molar-refractivity contribution in [3.8, 4) is 5.75 Å². The van der Waals surface area contributed by atoms with Gasteiger partial charge in [0.2, 0.25) is 0 Å². The molecule has 2 aromatic carbocycles. The maximum Gasteiger partial charge on any atom is 0.318 e. The lowest BCUT2D eigenvalue weighted by atomic mass is 10.2. The smallest absolute Gasteiger partial charge is 0.318 e. The van der Waals surface area contributed by atoms with E-state index in [2.05, 4.69) is 16.0 Å². The van der Waals surface area contributed by atoms with Gasteiger partial charge in [0.1, 0.15) is 11.6 Å². The largest absolute Gasteiger partial charge is 0.497 e. The molecule has 1 saturated heterocycles. The molecule has 0 bridgehead atoms. The second-order valence-corrected chi connectivity index (χ2v) is 6.88. The van der Waals surface area contributed by atoms with E-state index < -0.39 is 0 Å². The minimum atomic E-state index is -0.0413. The maximum absolute atomic E-state index is 12.8. The van der Waals surface area contributed by atoms with Gasteiger partial charge in [-0.1, -0.05) is 24.3 Å². The van der Waals surface area contributed by atoms with Gasteiger partial charge in [-0.25, -0.2) is 9.78 Å². The molecule has 1 N–H and O–H groups in total. The van der Waals surface area contributed by atoms with Gasteiger partial charge in [0.15, 0.2) is 0 Å². The fraction of sp³-hybridized carbons (Fsp3) is 0.333. The van der Waals surface area contributed by atoms with E-state index >= 15 is 0 Å². The summed E-state index contributed by atoms with van der Waals surface area (Å²) in [5, 5.41) is 3.04. The lowest BCUT2D eigenvalue weighted by Gasteiger charge is -2.24. The molecule has 2 amide bonds. The van der Waals surface area contributed by atoms with E-state index in [0.717, 1.165) is 47.6 Å². The van der Waals surface area contributed by atoms with Crippen molar-refractivity contribution < 1.29 is 9.53 Å². The van der Waals surface area contributed by atoms with Gasteiger partial charge < -0.3 is 19.5 Å². The van der Waals surface area contributed by atoms with E-state index in [9.17, 15) is 4.79 Å². The Bertz CT molecular complexity index is 948. The Kier molecular flexibility index (Phi) is 4.71. The molecular weight excluding hydrogens is 340 g/mol. The molecule has 0 radical (unpaired) electrons. The van der Waals surface area contributed by atoms with Crippen LogP contribution in [0.15, 0.2) is 48.5 Å². The van der Waals surface area contributed by atoms with Crippen molar-refractivity contribution in [1.29, 1.82) is 0 Å². The Balaban J connectivity index is 1.48. The molecule has 6 heteroatoms.